The molecular weight excluding hydrogens is 512 g/mol. The second-order valence-electron chi connectivity index (χ2n) is 11.4. The van der Waals surface area contributed by atoms with Crippen molar-refractivity contribution in [2.75, 3.05) is 6.54 Å². The van der Waals surface area contributed by atoms with Crippen LogP contribution in [0.4, 0.5) is 0 Å². The van der Waals surface area contributed by atoms with Crippen molar-refractivity contribution in [3.05, 3.63) is 101 Å². The predicted molar refractivity (Wildman–Crippen MR) is 152 cm³/mol. The Balaban J connectivity index is 1.43. The zero-order valence-electron chi connectivity index (χ0n) is 22.7. The first-order valence-corrected chi connectivity index (χ1v) is 14.8. The second kappa shape index (κ2) is 12.0. The number of aliphatic hydroxyl groups is 2. The molecule has 0 fully saturated rings. The molecule has 208 valence electrons. The first kappa shape index (κ1) is 29.0. The minimum atomic E-state index is -3.84. The van der Waals surface area contributed by atoms with Gasteiger partial charge in [0.15, 0.2) is 0 Å². The summed E-state index contributed by atoms with van der Waals surface area (Å²) in [6.07, 6.45) is -0.934. The Morgan fingerprint density at radius 2 is 1.62 bits per heavy atom. The molecule has 0 spiro atoms. The van der Waals surface area contributed by atoms with Crippen LogP contribution in [0.5, 0.6) is 0 Å². The molecule has 1 amide bonds. The summed E-state index contributed by atoms with van der Waals surface area (Å²) in [5.41, 5.74) is 3.74. The molecular formula is C31H38N2O5S. The van der Waals surface area contributed by atoms with E-state index in [-0.39, 0.29) is 29.2 Å². The highest BCUT2D eigenvalue weighted by Crippen LogP contribution is 2.32. The van der Waals surface area contributed by atoms with Crippen molar-refractivity contribution in [1.29, 1.82) is 0 Å². The summed E-state index contributed by atoms with van der Waals surface area (Å²) < 4.78 is 28.2. The Morgan fingerprint density at radius 3 is 2.28 bits per heavy atom. The first-order chi connectivity index (χ1) is 18.4. The molecule has 4 rings (SSSR count). The van der Waals surface area contributed by atoms with Crippen LogP contribution >= 0.6 is 0 Å². The SMILES string of the molecule is CC(C)(C)c1ccc(S(=O)(=O)NC[C@@H](O)C[C@@H](Cc2ccccc2)C(=O)N[C@H]2c3ccccc3C[C@H]2O)cc1. The highest BCUT2D eigenvalue weighted by Gasteiger charge is 2.34. The molecule has 0 heterocycles. The van der Waals surface area contributed by atoms with Gasteiger partial charge in [0.1, 0.15) is 0 Å². The summed E-state index contributed by atoms with van der Waals surface area (Å²) in [4.78, 5) is 13.6. The van der Waals surface area contributed by atoms with Crippen molar-refractivity contribution < 1.29 is 23.4 Å². The number of carbonyl (C=O) groups excluding carboxylic acids is 1. The summed E-state index contributed by atoms with van der Waals surface area (Å²) in [6.45, 7) is 5.94. The minimum Gasteiger partial charge on any atom is -0.392 e. The maximum Gasteiger partial charge on any atom is 0.240 e. The maximum atomic E-state index is 13.5. The summed E-state index contributed by atoms with van der Waals surface area (Å²) in [7, 11) is -3.84. The standard InChI is InChI=1S/C31H38N2O5S/c1-31(2,3)24-13-15-26(16-14-24)39(37,38)32-20-25(34)18-23(17-21-9-5-4-6-10-21)30(36)33-29-27-12-8-7-11-22(27)19-28(29)35/h4-16,23,25,28-29,32,34-35H,17-20H2,1-3H3,(H,33,36)/t23-,25+,28-,29+/m1/s1. The van der Waals surface area contributed by atoms with Crippen LogP contribution in [0.15, 0.2) is 83.8 Å². The lowest BCUT2D eigenvalue weighted by molar-refractivity contribution is -0.127. The number of nitrogens with one attached hydrogen (secondary N) is 2. The number of amides is 1. The Kier molecular flexibility index (Phi) is 8.91. The summed E-state index contributed by atoms with van der Waals surface area (Å²) in [5.74, 6) is -0.919. The van der Waals surface area contributed by atoms with E-state index in [0.717, 1.165) is 22.3 Å². The molecule has 4 atom stereocenters. The molecule has 0 saturated heterocycles. The molecule has 3 aromatic carbocycles. The third-order valence-electron chi connectivity index (χ3n) is 7.29. The van der Waals surface area contributed by atoms with Crippen LogP contribution in [0, 0.1) is 5.92 Å². The van der Waals surface area contributed by atoms with E-state index in [9.17, 15) is 23.4 Å². The van der Waals surface area contributed by atoms with Crippen molar-refractivity contribution in [2.24, 2.45) is 5.92 Å². The van der Waals surface area contributed by atoms with Crippen molar-refractivity contribution >= 4 is 15.9 Å². The summed E-state index contributed by atoms with van der Waals surface area (Å²) in [5, 5.41) is 24.4. The Labute approximate surface area is 231 Å². The second-order valence-corrected chi connectivity index (χ2v) is 13.1. The number of rotatable bonds is 10. The largest absolute Gasteiger partial charge is 0.392 e. The van der Waals surface area contributed by atoms with E-state index < -0.39 is 34.2 Å². The van der Waals surface area contributed by atoms with Gasteiger partial charge in [0.05, 0.1) is 23.1 Å². The van der Waals surface area contributed by atoms with Gasteiger partial charge in [0.25, 0.3) is 0 Å². The van der Waals surface area contributed by atoms with Crippen LogP contribution in [-0.4, -0.2) is 43.3 Å². The maximum absolute atomic E-state index is 13.5. The van der Waals surface area contributed by atoms with Gasteiger partial charge in [-0.1, -0.05) is 87.5 Å². The van der Waals surface area contributed by atoms with Crippen molar-refractivity contribution in [2.45, 2.75) is 68.6 Å². The number of benzene rings is 3. The fourth-order valence-electron chi connectivity index (χ4n) is 5.04. The van der Waals surface area contributed by atoms with E-state index in [2.05, 4.69) is 30.8 Å². The van der Waals surface area contributed by atoms with E-state index >= 15 is 0 Å². The van der Waals surface area contributed by atoms with E-state index in [1.165, 1.54) is 0 Å². The molecule has 7 nitrogen and oxygen atoms in total. The lowest BCUT2D eigenvalue weighted by Crippen LogP contribution is -2.41. The van der Waals surface area contributed by atoms with E-state index in [1.54, 1.807) is 24.3 Å². The molecule has 0 radical (unpaired) electrons. The zero-order valence-corrected chi connectivity index (χ0v) is 23.5. The fourth-order valence-corrected chi connectivity index (χ4v) is 6.11. The van der Waals surface area contributed by atoms with Gasteiger partial charge in [-0.2, -0.15) is 0 Å². The lowest BCUT2D eigenvalue weighted by Gasteiger charge is -2.24. The normalized spacial score (nSPS) is 18.8. The predicted octanol–water partition coefficient (Wildman–Crippen LogP) is 3.65. The molecule has 1 aliphatic carbocycles. The molecule has 4 N–H and O–H groups in total. The molecule has 1 aliphatic rings. The molecule has 0 aromatic heterocycles. The van der Waals surface area contributed by atoms with Crippen LogP contribution in [0.25, 0.3) is 0 Å². The average Bonchev–Trinajstić information content (AvgIpc) is 3.22. The quantitative estimate of drug-likeness (QED) is 0.308. The van der Waals surface area contributed by atoms with Gasteiger partial charge in [0, 0.05) is 18.9 Å². The smallest absolute Gasteiger partial charge is 0.240 e. The molecule has 0 saturated carbocycles. The van der Waals surface area contributed by atoms with Gasteiger partial charge in [-0.3, -0.25) is 4.79 Å². The van der Waals surface area contributed by atoms with E-state index in [0.29, 0.717) is 12.8 Å². The Hall–Kier alpha value is -3.04. The van der Waals surface area contributed by atoms with Crippen molar-refractivity contribution in [3.63, 3.8) is 0 Å². The molecule has 0 unspecified atom stereocenters. The number of carbonyl (C=O) groups is 1. The zero-order chi connectivity index (χ0) is 28.2. The van der Waals surface area contributed by atoms with Crippen molar-refractivity contribution in [1.82, 2.24) is 10.0 Å². The van der Waals surface area contributed by atoms with Crippen LogP contribution in [0.2, 0.25) is 0 Å². The number of hydrogen-bond donors (Lipinski definition) is 4. The monoisotopic (exact) mass is 550 g/mol. The summed E-state index contributed by atoms with van der Waals surface area (Å²) in [6, 6.07) is 23.3. The topological polar surface area (TPSA) is 116 Å². The highest BCUT2D eigenvalue weighted by atomic mass is 32.2. The number of fused-ring (bicyclic) bond motifs is 1. The van der Waals surface area contributed by atoms with Crippen LogP contribution in [-0.2, 0) is 33.1 Å². The molecule has 0 bridgehead atoms. The Morgan fingerprint density at radius 1 is 0.974 bits per heavy atom. The van der Waals surface area contributed by atoms with Crippen LogP contribution in [0.3, 0.4) is 0 Å². The van der Waals surface area contributed by atoms with Crippen LogP contribution < -0.4 is 10.0 Å². The Bertz CT molecular complexity index is 1370. The molecule has 8 heteroatoms. The third-order valence-corrected chi connectivity index (χ3v) is 8.73. The van der Waals surface area contributed by atoms with Gasteiger partial charge in [-0.25, -0.2) is 13.1 Å². The number of sulfonamides is 1. The molecule has 39 heavy (non-hydrogen) atoms. The highest BCUT2D eigenvalue weighted by molar-refractivity contribution is 7.89. The van der Waals surface area contributed by atoms with Gasteiger partial charge in [-0.05, 0) is 52.6 Å². The molecule has 0 aliphatic heterocycles. The number of hydrogen-bond acceptors (Lipinski definition) is 5. The third kappa shape index (κ3) is 7.33. The van der Waals surface area contributed by atoms with Gasteiger partial charge in [-0.15, -0.1) is 0 Å². The van der Waals surface area contributed by atoms with Gasteiger partial charge in [0.2, 0.25) is 15.9 Å². The van der Waals surface area contributed by atoms with Crippen molar-refractivity contribution in [3.8, 4) is 0 Å². The molecule has 3 aromatic rings. The number of aliphatic hydroxyl groups excluding tert-OH is 2. The van der Waals surface area contributed by atoms with E-state index in [1.807, 2.05) is 54.6 Å². The lowest BCUT2D eigenvalue weighted by atomic mass is 9.87. The van der Waals surface area contributed by atoms with Crippen LogP contribution in [0.1, 0.15) is 55.5 Å². The fraction of sp³-hybridized carbons (Fsp3) is 0.387. The average molecular weight is 551 g/mol. The summed E-state index contributed by atoms with van der Waals surface area (Å²) >= 11 is 0. The van der Waals surface area contributed by atoms with Gasteiger partial charge >= 0.3 is 0 Å². The first-order valence-electron chi connectivity index (χ1n) is 13.3. The minimum absolute atomic E-state index is 0.0523. The van der Waals surface area contributed by atoms with Gasteiger partial charge < -0.3 is 15.5 Å². The van der Waals surface area contributed by atoms with E-state index in [4.69, 9.17) is 0 Å².